The van der Waals surface area contributed by atoms with Gasteiger partial charge >= 0.3 is 0 Å². The zero-order valence-electron chi connectivity index (χ0n) is 14.2. The first-order chi connectivity index (χ1) is 10.3. The Morgan fingerprint density at radius 2 is 1.73 bits per heavy atom. The van der Waals surface area contributed by atoms with Crippen LogP contribution in [0.1, 0.15) is 69.3 Å². The highest BCUT2D eigenvalue weighted by Crippen LogP contribution is 2.39. The number of benzene rings is 1. The summed E-state index contributed by atoms with van der Waals surface area (Å²) < 4.78 is 0. The van der Waals surface area contributed by atoms with E-state index in [1.54, 1.807) is 0 Å². The molecule has 3 nitrogen and oxygen atoms in total. The second-order valence-electron chi connectivity index (χ2n) is 7.93. The van der Waals surface area contributed by atoms with Crippen LogP contribution >= 0.6 is 0 Å². The van der Waals surface area contributed by atoms with E-state index >= 15 is 0 Å². The lowest BCUT2D eigenvalue weighted by atomic mass is 9.82. The number of hydroxylamine groups is 2. The molecule has 1 saturated heterocycles. The zero-order valence-corrected chi connectivity index (χ0v) is 14.2. The molecular weight excluding hydrogens is 274 g/mol. The van der Waals surface area contributed by atoms with E-state index in [0.29, 0.717) is 0 Å². The number of rotatable bonds is 2. The van der Waals surface area contributed by atoms with Crippen molar-refractivity contribution in [2.75, 3.05) is 0 Å². The first-order valence-electron chi connectivity index (χ1n) is 8.40. The van der Waals surface area contributed by atoms with Crippen molar-refractivity contribution in [2.45, 2.75) is 77.0 Å². The molecular formula is C19H27NO2. The van der Waals surface area contributed by atoms with Crippen LogP contribution in [0, 0.1) is 0 Å². The molecule has 22 heavy (non-hydrogen) atoms. The van der Waals surface area contributed by atoms with Gasteiger partial charge in [0.1, 0.15) is 6.10 Å². The maximum atomic E-state index is 12.8. The average Bonchev–Trinajstić information content (AvgIpc) is 2.45. The zero-order chi connectivity index (χ0) is 16.0. The molecule has 3 heteroatoms. The van der Waals surface area contributed by atoms with Crippen molar-refractivity contribution in [2.24, 2.45) is 0 Å². The molecule has 0 aromatic heterocycles. The highest BCUT2D eigenvalue weighted by atomic mass is 16.7. The SMILES string of the molecule is CC1(C)CCCC(C)(C)N1OC1CCc2ccccc2C1=O. The molecule has 1 aromatic carbocycles. The molecule has 1 atom stereocenters. The second kappa shape index (κ2) is 5.47. The van der Waals surface area contributed by atoms with Crippen molar-refractivity contribution in [1.29, 1.82) is 0 Å². The van der Waals surface area contributed by atoms with Gasteiger partial charge in [0.15, 0.2) is 5.78 Å². The fourth-order valence-corrected chi connectivity index (χ4v) is 4.06. The number of Topliss-reactive ketones (excluding diaryl/α,β-unsaturated/α-hetero) is 1. The van der Waals surface area contributed by atoms with Gasteiger partial charge in [-0.25, -0.2) is 0 Å². The Hall–Kier alpha value is -1.19. The van der Waals surface area contributed by atoms with Crippen LogP contribution in [0.3, 0.4) is 0 Å². The minimum absolute atomic E-state index is 0.0288. The Bertz CT molecular complexity index is 561. The van der Waals surface area contributed by atoms with Crippen molar-refractivity contribution in [3.05, 3.63) is 35.4 Å². The molecule has 1 heterocycles. The summed E-state index contributed by atoms with van der Waals surface area (Å²) in [5, 5.41) is 2.11. The van der Waals surface area contributed by atoms with Gasteiger partial charge in [0, 0.05) is 16.6 Å². The number of carbonyl (C=O) groups is 1. The normalized spacial score (nSPS) is 27.5. The van der Waals surface area contributed by atoms with E-state index in [0.717, 1.165) is 36.8 Å². The third kappa shape index (κ3) is 2.72. The molecule has 0 amide bonds. The van der Waals surface area contributed by atoms with E-state index in [2.05, 4.69) is 38.8 Å². The number of aryl methyl sites for hydroxylation is 1. The summed E-state index contributed by atoms with van der Waals surface area (Å²) in [7, 11) is 0. The van der Waals surface area contributed by atoms with Gasteiger partial charge in [-0.05, 0) is 65.4 Å². The quantitative estimate of drug-likeness (QED) is 0.821. The first kappa shape index (κ1) is 15.7. The largest absolute Gasteiger partial charge is 0.291 e. The number of nitrogens with zero attached hydrogens (tertiary/aromatic N) is 1. The lowest BCUT2D eigenvalue weighted by Gasteiger charge is -2.52. The molecule has 0 spiro atoms. The van der Waals surface area contributed by atoms with E-state index in [-0.39, 0.29) is 23.0 Å². The predicted octanol–water partition coefficient (Wildman–Crippen LogP) is 4.16. The molecule has 1 fully saturated rings. The Balaban J connectivity index is 1.83. The molecule has 0 N–H and O–H groups in total. The lowest BCUT2D eigenvalue weighted by molar-refractivity contribution is -0.295. The van der Waals surface area contributed by atoms with E-state index in [9.17, 15) is 4.79 Å². The Kier molecular flexibility index (Phi) is 3.90. The van der Waals surface area contributed by atoms with E-state index in [4.69, 9.17) is 4.84 Å². The van der Waals surface area contributed by atoms with Gasteiger partial charge in [-0.2, -0.15) is 5.06 Å². The third-order valence-corrected chi connectivity index (χ3v) is 5.16. The summed E-state index contributed by atoms with van der Waals surface area (Å²) in [6.07, 6.45) is 4.77. The van der Waals surface area contributed by atoms with E-state index < -0.39 is 0 Å². The monoisotopic (exact) mass is 301 g/mol. The summed E-state index contributed by atoms with van der Waals surface area (Å²) in [6.45, 7) is 8.87. The summed E-state index contributed by atoms with van der Waals surface area (Å²) in [5.74, 6) is 0.138. The molecule has 0 radical (unpaired) electrons. The van der Waals surface area contributed by atoms with Crippen LogP contribution in [-0.4, -0.2) is 28.0 Å². The lowest BCUT2D eigenvalue weighted by Crippen LogP contribution is -2.60. The smallest absolute Gasteiger partial charge is 0.193 e. The van der Waals surface area contributed by atoms with Crippen molar-refractivity contribution in [1.82, 2.24) is 5.06 Å². The van der Waals surface area contributed by atoms with Crippen molar-refractivity contribution < 1.29 is 9.63 Å². The molecule has 0 bridgehead atoms. The van der Waals surface area contributed by atoms with Crippen LogP contribution in [-0.2, 0) is 11.3 Å². The molecule has 0 saturated carbocycles. The molecule has 1 unspecified atom stereocenters. The van der Waals surface area contributed by atoms with Crippen LogP contribution in [0.15, 0.2) is 24.3 Å². The maximum absolute atomic E-state index is 12.8. The van der Waals surface area contributed by atoms with Gasteiger partial charge in [0.2, 0.25) is 0 Å². The minimum atomic E-state index is -0.341. The van der Waals surface area contributed by atoms with Crippen molar-refractivity contribution in [3.63, 3.8) is 0 Å². The molecule has 1 aliphatic heterocycles. The molecule has 3 rings (SSSR count). The predicted molar refractivity (Wildman–Crippen MR) is 87.8 cm³/mol. The number of carbonyl (C=O) groups excluding carboxylic acids is 1. The number of hydrogen-bond acceptors (Lipinski definition) is 3. The Labute approximate surface area is 133 Å². The van der Waals surface area contributed by atoms with Gasteiger partial charge in [-0.1, -0.05) is 24.3 Å². The number of ketones is 1. The van der Waals surface area contributed by atoms with Crippen LogP contribution in [0.25, 0.3) is 0 Å². The van der Waals surface area contributed by atoms with Gasteiger partial charge in [0.25, 0.3) is 0 Å². The average molecular weight is 301 g/mol. The number of hydrogen-bond donors (Lipinski definition) is 0. The number of piperidine rings is 1. The highest BCUT2D eigenvalue weighted by Gasteiger charge is 2.45. The first-order valence-corrected chi connectivity index (χ1v) is 8.40. The highest BCUT2D eigenvalue weighted by molar-refractivity contribution is 6.01. The minimum Gasteiger partial charge on any atom is -0.291 e. The summed E-state index contributed by atoms with van der Waals surface area (Å²) in [5.41, 5.74) is 1.94. The van der Waals surface area contributed by atoms with Gasteiger partial charge < -0.3 is 0 Å². The van der Waals surface area contributed by atoms with Crippen molar-refractivity contribution in [3.8, 4) is 0 Å². The Morgan fingerprint density at radius 1 is 1.09 bits per heavy atom. The molecule has 1 aliphatic carbocycles. The summed E-state index contributed by atoms with van der Waals surface area (Å²) >= 11 is 0. The topological polar surface area (TPSA) is 29.5 Å². The van der Waals surface area contributed by atoms with Crippen LogP contribution in [0.4, 0.5) is 0 Å². The summed E-state index contributed by atoms with van der Waals surface area (Å²) in [4.78, 5) is 19.1. The summed E-state index contributed by atoms with van der Waals surface area (Å²) in [6, 6.07) is 7.93. The molecule has 1 aromatic rings. The molecule has 2 aliphatic rings. The van der Waals surface area contributed by atoms with Crippen molar-refractivity contribution >= 4 is 5.78 Å². The number of fused-ring (bicyclic) bond motifs is 1. The second-order valence-corrected chi connectivity index (χ2v) is 7.93. The van der Waals surface area contributed by atoms with E-state index in [1.807, 2.05) is 18.2 Å². The molecule has 120 valence electrons. The maximum Gasteiger partial charge on any atom is 0.193 e. The van der Waals surface area contributed by atoms with Gasteiger partial charge in [0.05, 0.1) is 0 Å². The third-order valence-electron chi connectivity index (χ3n) is 5.16. The standard InChI is InChI=1S/C19H27NO2/c1-18(2)12-7-13-19(3,4)20(18)22-16-11-10-14-8-5-6-9-15(14)17(16)21/h5-6,8-9,16H,7,10-13H2,1-4H3. The fourth-order valence-electron chi connectivity index (χ4n) is 4.06. The van der Waals surface area contributed by atoms with Crippen LogP contribution in [0.5, 0.6) is 0 Å². The van der Waals surface area contributed by atoms with E-state index in [1.165, 1.54) is 6.42 Å². The van der Waals surface area contributed by atoms with Gasteiger partial charge in [-0.15, -0.1) is 0 Å². The van der Waals surface area contributed by atoms with Crippen LogP contribution in [0.2, 0.25) is 0 Å². The van der Waals surface area contributed by atoms with Gasteiger partial charge in [-0.3, -0.25) is 9.63 Å². The Morgan fingerprint density at radius 3 is 2.41 bits per heavy atom. The fraction of sp³-hybridized carbons (Fsp3) is 0.632. The van der Waals surface area contributed by atoms with Crippen LogP contribution < -0.4 is 0 Å².